The first kappa shape index (κ1) is 11.1. The highest BCUT2D eigenvalue weighted by Gasteiger charge is 2.12. The van der Waals surface area contributed by atoms with Crippen LogP contribution in [0.2, 0.25) is 0 Å². The van der Waals surface area contributed by atoms with Gasteiger partial charge in [-0.3, -0.25) is 0 Å². The summed E-state index contributed by atoms with van der Waals surface area (Å²) in [6.07, 6.45) is 0.809. The van der Waals surface area contributed by atoms with E-state index in [0.717, 1.165) is 12.1 Å². The second-order valence-corrected chi connectivity index (χ2v) is 3.26. The third-order valence-electron chi connectivity index (χ3n) is 1.91. The molecule has 0 saturated heterocycles. The van der Waals surface area contributed by atoms with Gasteiger partial charge in [0.05, 0.1) is 18.8 Å². The lowest BCUT2D eigenvalue weighted by Crippen LogP contribution is -2.14. The number of hydrogen-bond donors (Lipinski definition) is 1. The third kappa shape index (κ3) is 2.27. The Morgan fingerprint density at radius 1 is 1.64 bits per heavy atom. The maximum atomic E-state index is 5.52. The molecule has 0 radical (unpaired) electrons. The molecule has 0 aliphatic rings. The zero-order chi connectivity index (χ0) is 10.6. The van der Waals surface area contributed by atoms with Crippen LogP contribution in [0.1, 0.15) is 18.3 Å². The minimum atomic E-state index is 0.297. The molecule has 0 spiro atoms. The van der Waals surface area contributed by atoms with Crippen LogP contribution in [0.25, 0.3) is 0 Å². The van der Waals surface area contributed by atoms with E-state index in [1.165, 1.54) is 0 Å². The molecule has 78 valence electrons. The highest BCUT2D eigenvalue weighted by Crippen LogP contribution is 2.06. The van der Waals surface area contributed by atoms with Gasteiger partial charge in [-0.1, -0.05) is 24.4 Å². The lowest BCUT2D eigenvalue weighted by molar-refractivity contribution is 0.182. The SMILES string of the molecule is CCc1c(C(N)=S)nnn1CCOC. The van der Waals surface area contributed by atoms with Crippen LogP contribution in [-0.2, 0) is 17.7 Å². The summed E-state index contributed by atoms with van der Waals surface area (Å²) in [5.74, 6) is 0. The van der Waals surface area contributed by atoms with Crippen molar-refractivity contribution in [3.63, 3.8) is 0 Å². The monoisotopic (exact) mass is 214 g/mol. The molecule has 2 N–H and O–H groups in total. The molecule has 1 heterocycles. The van der Waals surface area contributed by atoms with Crippen LogP contribution in [-0.4, -0.2) is 33.7 Å². The van der Waals surface area contributed by atoms with Crippen molar-refractivity contribution in [2.24, 2.45) is 5.73 Å². The smallest absolute Gasteiger partial charge is 0.143 e. The molecular weight excluding hydrogens is 200 g/mol. The Balaban J connectivity index is 2.89. The van der Waals surface area contributed by atoms with E-state index in [-0.39, 0.29) is 0 Å². The second-order valence-electron chi connectivity index (χ2n) is 2.82. The number of nitrogens with two attached hydrogens (primary N) is 1. The van der Waals surface area contributed by atoms with Crippen LogP contribution in [0.4, 0.5) is 0 Å². The topological polar surface area (TPSA) is 66.0 Å². The maximum absolute atomic E-state index is 5.52. The largest absolute Gasteiger partial charge is 0.388 e. The molecule has 6 heteroatoms. The Hall–Kier alpha value is -1.01. The zero-order valence-corrected chi connectivity index (χ0v) is 9.17. The Kier molecular flexibility index (Phi) is 3.97. The molecule has 0 unspecified atom stereocenters. The number of hydrogen-bond acceptors (Lipinski definition) is 4. The van der Waals surface area contributed by atoms with Crippen LogP contribution >= 0.6 is 12.2 Å². The van der Waals surface area contributed by atoms with Crippen LogP contribution < -0.4 is 5.73 Å². The molecule has 0 saturated carbocycles. The maximum Gasteiger partial charge on any atom is 0.143 e. The van der Waals surface area contributed by atoms with E-state index in [2.05, 4.69) is 10.3 Å². The quantitative estimate of drug-likeness (QED) is 0.705. The summed E-state index contributed by atoms with van der Waals surface area (Å²) in [5, 5.41) is 7.90. The van der Waals surface area contributed by atoms with Crippen LogP contribution in [0.5, 0.6) is 0 Å². The van der Waals surface area contributed by atoms with Gasteiger partial charge in [-0.05, 0) is 6.42 Å². The minimum Gasteiger partial charge on any atom is -0.388 e. The first-order valence-electron chi connectivity index (χ1n) is 4.41. The summed E-state index contributed by atoms with van der Waals surface area (Å²) in [5.41, 5.74) is 7.11. The molecule has 0 fully saturated rings. The van der Waals surface area contributed by atoms with E-state index >= 15 is 0 Å². The third-order valence-corrected chi connectivity index (χ3v) is 2.11. The molecule has 1 aromatic rings. The van der Waals surface area contributed by atoms with E-state index < -0.39 is 0 Å². The number of ether oxygens (including phenoxy) is 1. The van der Waals surface area contributed by atoms with Crippen LogP contribution in [0, 0.1) is 0 Å². The molecule has 1 aromatic heterocycles. The van der Waals surface area contributed by atoms with Crippen molar-refractivity contribution < 1.29 is 4.74 Å². The molecule has 0 aliphatic carbocycles. The highest BCUT2D eigenvalue weighted by molar-refractivity contribution is 7.80. The molecule has 0 atom stereocenters. The van der Waals surface area contributed by atoms with Crippen molar-refractivity contribution >= 4 is 17.2 Å². The molecule has 0 bridgehead atoms. The Labute approximate surface area is 88.2 Å². The van der Waals surface area contributed by atoms with Gasteiger partial charge in [0.15, 0.2) is 0 Å². The molecule has 1 rings (SSSR count). The number of thiocarbonyl (C=S) groups is 1. The van der Waals surface area contributed by atoms with Gasteiger partial charge >= 0.3 is 0 Å². The predicted molar refractivity (Wildman–Crippen MR) is 57.2 cm³/mol. The normalized spacial score (nSPS) is 10.4. The minimum absolute atomic E-state index is 0.297. The molecule has 5 nitrogen and oxygen atoms in total. The highest BCUT2D eigenvalue weighted by atomic mass is 32.1. The Bertz CT molecular complexity index is 323. The number of nitrogens with zero attached hydrogens (tertiary/aromatic N) is 3. The fourth-order valence-electron chi connectivity index (χ4n) is 1.23. The first-order chi connectivity index (χ1) is 6.70. The summed E-state index contributed by atoms with van der Waals surface area (Å²) in [7, 11) is 1.65. The van der Waals surface area contributed by atoms with Gasteiger partial charge in [0.1, 0.15) is 10.7 Å². The van der Waals surface area contributed by atoms with Gasteiger partial charge in [0.2, 0.25) is 0 Å². The van der Waals surface area contributed by atoms with E-state index in [1.807, 2.05) is 6.92 Å². The van der Waals surface area contributed by atoms with Gasteiger partial charge in [-0.15, -0.1) is 5.10 Å². The molecule has 0 aromatic carbocycles. The number of aromatic nitrogens is 3. The first-order valence-corrected chi connectivity index (χ1v) is 4.82. The molecule has 0 aliphatic heterocycles. The fourth-order valence-corrected chi connectivity index (χ4v) is 1.39. The standard InChI is InChI=1S/C8H14N4OS/c1-3-6-7(8(9)14)10-11-12(6)4-5-13-2/h3-5H2,1-2H3,(H2,9,14). The van der Waals surface area contributed by atoms with Gasteiger partial charge < -0.3 is 10.5 Å². The van der Waals surface area contributed by atoms with Crippen molar-refractivity contribution in [2.75, 3.05) is 13.7 Å². The average Bonchev–Trinajstić information content (AvgIpc) is 2.57. The average molecular weight is 214 g/mol. The van der Waals surface area contributed by atoms with Gasteiger partial charge in [0, 0.05) is 7.11 Å². The van der Waals surface area contributed by atoms with Crippen molar-refractivity contribution in [2.45, 2.75) is 19.9 Å². The second kappa shape index (κ2) is 5.02. The molecule has 0 amide bonds. The molecular formula is C8H14N4OS. The van der Waals surface area contributed by atoms with Crippen molar-refractivity contribution in [3.05, 3.63) is 11.4 Å². The lowest BCUT2D eigenvalue weighted by atomic mass is 10.2. The van der Waals surface area contributed by atoms with E-state index in [1.54, 1.807) is 11.8 Å². The summed E-state index contributed by atoms with van der Waals surface area (Å²) in [6.45, 7) is 3.30. The van der Waals surface area contributed by atoms with E-state index in [9.17, 15) is 0 Å². The van der Waals surface area contributed by atoms with Crippen molar-refractivity contribution in [1.29, 1.82) is 0 Å². The number of rotatable bonds is 5. The zero-order valence-electron chi connectivity index (χ0n) is 8.36. The van der Waals surface area contributed by atoms with Gasteiger partial charge in [-0.2, -0.15) is 0 Å². The summed E-state index contributed by atoms with van der Waals surface area (Å²) in [6, 6.07) is 0. The lowest BCUT2D eigenvalue weighted by Gasteiger charge is -2.04. The Morgan fingerprint density at radius 2 is 2.36 bits per heavy atom. The van der Waals surface area contributed by atoms with E-state index in [4.69, 9.17) is 22.7 Å². The van der Waals surface area contributed by atoms with Crippen LogP contribution in [0.3, 0.4) is 0 Å². The summed E-state index contributed by atoms with van der Waals surface area (Å²) < 4.78 is 6.74. The van der Waals surface area contributed by atoms with Gasteiger partial charge in [-0.25, -0.2) is 4.68 Å². The van der Waals surface area contributed by atoms with E-state index in [0.29, 0.717) is 23.8 Å². The predicted octanol–water partition coefficient (Wildman–Crippen LogP) is 0.121. The fraction of sp³-hybridized carbons (Fsp3) is 0.625. The Morgan fingerprint density at radius 3 is 2.86 bits per heavy atom. The van der Waals surface area contributed by atoms with Crippen molar-refractivity contribution in [3.8, 4) is 0 Å². The van der Waals surface area contributed by atoms with Crippen LogP contribution in [0.15, 0.2) is 0 Å². The summed E-state index contributed by atoms with van der Waals surface area (Å²) in [4.78, 5) is 0.297. The number of methoxy groups -OCH3 is 1. The van der Waals surface area contributed by atoms with Gasteiger partial charge in [0.25, 0.3) is 0 Å². The summed E-state index contributed by atoms with van der Waals surface area (Å²) >= 11 is 4.87. The van der Waals surface area contributed by atoms with Crippen molar-refractivity contribution in [1.82, 2.24) is 15.0 Å². The molecule has 14 heavy (non-hydrogen) atoms.